The number of carbonyl (C=O) groups excluding carboxylic acids is 2. The Kier molecular flexibility index (Phi) is 8.95. The van der Waals surface area contributed by atoms with E-state index in [0.717, 1.165) is 25.7 Å². The normalized spacial score (nSPS) is 19.2. The first kappa shape index (κ1) is 24.0. The molecular weight excluding hydrogens is 390 g/mol. The molecule has 1 aromatic rings. The maximum atomic E-state index is 12.3. The average Bonchev–Trinajstić information content (AvgIpc) is 3.09. The third-order valence-corrected chi connectivity index (χ3v) is 4.66. The van der Waals surface area contributed by atoms with E-state index in [1.165, 1.54) is 0 Å². The maximum Gasteiger partial charge on any atom is 0.407 e. The smallest absolute Gasteiger partial charge is 0.407 e. The molecule has 0 bridgehead atoms. The van der Waals surface area contributed by atoms with Gasteiger partial charge in [0.25, 0.3) is 0 Å². The summed E-state index contributed by atoms with van der Waals surface area (Å²) in [6.07, 6.45) is 4.56. The van der Waals surface area contributed by atoms with Crippen LogP contribution in [0.1, 0.15) is 76.7 Å². The average molecular weight is 426 g/mol. The van der Waals surface area contributed by atoms with Crippen molar-refractivity contribution in [1.29, 1.82) is 0 Å². The summed E-state index contributed by atoms with van der Waals surface area (Å²) in [4.78, 5) is 24.3. The molecular formula is C21H35N3O6. The molecule has 1 aliphatic carbocycles. The Labute approximate surface area is 178 Å². The summed E-state index contributed by atoms with van der Waals surface area (Å²) in [6.45, 7) is 10.8. The second kappa shape index (κ2) is 11.2. The van der Waals surface area contributed by atoms with Gasteiger partial charge in [-0.3, -0.25) is 4.68 Å². The van der Waals surface area contributed by atoms with Gasteiger partial charge >= 0.3 is 12.1 Å². The monoisotopic (exact) mass is 425 g/mol. The molecule has 1 aliphatic rings. The molecule has 1 aromatic heterocycles. The Morgan fingerprint density at radius 1 is 1.13 bits per heavy atom. The number of aromatic nitrogens is 2. The van der Waals surface area contributed by atoms with E-state index in [1.807, 2.05) is 27.7 Å². The Morgan fingerprint density at radius 2 is 1.83 bits per heavy atom. The second-order valence-electron chi connectivity index (χ2n) is 8.25. The van der Waals surface area contributed by atoms with Crippen LogP contribution in [-0.4, -0.2) is 59.9 Å². The summed E-state index contributed by atoms with van der Waals surface area (Å²) in [5, 5.41) is 7.43. The molecule has 1 amide bonds. The lowest BCUT2D eigenvalue weighted by atomic mass is 9.91. The van der Waals surface area contributed by atoms with Crippen LogP contribution >= 0.6 is 0 Å². The Bertz CT molecular complexity index is 689. The Hall–Kier alpha value is -2.29. The zero-order valence-electron chi connectivity index (χ0n) is 18.7. The number of amides is 1. The van der Waals surface area contributed by atoms with Crippen LogP contribution in [0, 0.1) is 0 Å². The van der Waals surface area contributed by atoms with Crippen molar-refractivity contribution in [1.82, 2.24) is 15.1 Å². The number of hydrogen-bond acceptors (Lipinski definition) is 7. The second-order valence-corrected chi connectivity index (χ2v) is 8.25. The first-order valence-electron chi connectivity index (χ1n) is 10.7. The van der Waals surface area contributed by atoms with Crippen molar-refractivity contribution in [2.45, 2.75) is 78.0 Å². The number of hydrogen-bond donors (Lipinski definition) is 1. The molecule has 0 spiro atoms. The highest BCUT2D eigenvalue weighted by molar-refractivity contribution is 5.91. The van der Waals surface area contributed by atoms with Crippen LogP contribution in [0.2, 0.25) is 0 Å². The van der Waals surface area contributed by atoms with E-state index in [1.54, 1.807) is 17.8 Å². The van der Waals surface area contributed by atoms with E-state index >= 15 is 0 Å². The molecule has 0 aliphatic heterocycles. The fourth-order valence-corrected chi connectivity index (χ4v) is 3.32. The fourth-order valence-electron chi connectivity index (χ4n) is 3.32. The van der Waals surface area contributed by atoms with E-state index < -0.39 is 11.6 Å². The zero-order chi connectivity index (χ0) is 22.1. The minimum atomic E-state index is -0.515. The molecule has 30 heavy (non-hydrogen) atoms. The first-order valence-corrected chi connectivity index (χ1v) is 10.7. The van der Waals surface area contributed by atoms with E-state index in [4.69, 9.17) is 18.9 Å². The highest BCUT2D eigenvalue weighted by atomic mass is 16.6. The quantitative estimate of drug-likeness (QED) is 0.477. The molecule has 9 heteroatoms. The summed E-state index contributed by atoms with van der Waals surface area (Å²) in [7, 11) is 0. The molecule has 2 rings (SSSR count). The molecule has 0 atom stereocenters. The van der Waals surface area contributed by atoms with Crippen LogP contribution in [0.25, 0.3) is 0 Å². The standard InChI is InChI=1S/C21H35N3O6/c1-6-27-12-13-29-18-17(19(25)28-7-2)14-24(23-18)16-10-8-15(9-11-16)22-20(26)30-21(3,4)5/h14-16H,6-13H2,1-5H3,(H,22,26). The molecule has 0 saturated heterocycles. The zero-order valence-corrected chi connectivity index (χ0v) is 18.7. The van der Waals surface area contributed by atoms with E-state index in [0.29, 0.717) is 25.4 Å². The third kappa shape index (κ3) is 7.51. The van der Waals surface area contributed by atoms with Crippen molar-refractivity contribution in [2.75, 3.05) is 26.4 Å². The van der Waals surface area contributed by atoms with Gasteiger partial charge in [-0.2, -0.15) is 0 Å². The van der Waals surface area contributed by atoms with Crippen molar-refractivity contribution in [3.8, 4) is 5.88 Å². The predicted molar refractivity (Wildman–Crippen MR) is 111 cm³/mol. The topological polar surface area (TPSA) is 101 Å². The van der Waals surface area contributed by atoms with Crippen LogP contribution in [0.3, 0.4) is 0 Å². The SMILES string of the molecule is CCOCCOc1nn(C2CCC(NC(=O)OC(C)(C)C)CC2)cc1C(=O)OCC. The first-order chi connectivity index (χ1) is 14.2. The minimum absolute atomic E-state index is 0.0677. The van der Waals surface area contributed by atoms with Crippen LogP contribution in [0.15, 0.2) is 6.20 Å². The van der Waals surface area contributed by atoms with Gasteiger partial charge < -0.3 is 24.3 Å². The van der Waals surface area contributed by atoms with Crippen molar-refractivity contribution >= 4 is 12.1 Å². The van der Waals surface area contributed by atoms with Crippen molar-refractivity contribution < 1.29 is 28.5 Å². The number of nitrogens with zero attached hydrogens (tertiary/aromatic N) is 2. The van der Waals surface area contributed by atoms with Gasteiger partial charge in [0.2, 0.25) is 5.88 Å². The van der Waals surface area contributed by atoms with Crippen LogP contribution in [-0.2, 0) is 14.2 Å². The summed E-state index contributed by atoms with van der Waals surface area (Å²) in [6, 6.07) is 0.192. The molecule has 0 unspecified atom stereocenters. The lowest BCUT2D eigenvalue weighted by molar-refractivity contribution is 0.0483. The Balaban J connectivity index is 1.96. The Morgan fingerprint density at radius 3 is 2.43 bits per heavy atom. The van der Waals surface area contributed by atoms with Crippen molar-refractivity contribution in [3.05, 3.63) is 11.8 Å². The number of esters is 1. The fraction of sp³-hybridized carbons (Fsp3) is 0.762. The van der Waals surface area contributed by atoms with Gasteiger partial charge in [-0.25, -0.2) is 9.59 Å². The van der Waals surface area contributed by atoms with Gasteiger partial charge in [-0.15, -0.1) is 5.10 Å². The largest absolute Gasteiger partial charge is 0.474 e. The van der Waals surface area contributed by atoms with Crippen LogP contribution in [0.4, 0.5) is 4.79 Å². The van der Waals surface area contributed by atoms with E-state index in [2.05, 4.69) is 10.4 Å². The van der Waals surface area contributed by atoms with Gasteiger partial charge in [-0.1, -0.05) is 0 Å². The summed E-state index contributed by atoms with van der Waals surface area (Å²) in [5.74, 6) is -0.183. The minimum Gasteiger partial charge on any atom is -0.474 e. The summed E-state index contributed by atoms with van der Waals surface area (Å²) >= 11 is 0. The molecule has 1 saturated carbocycles. The number of carbonyl (C=O) groups is 2. The van der Waals surface area contributed by atoms with Gasteiger partial charge in [0.1, 0.15) is 17.8 Å². The number of ether oxygens (including phenoxy) is 4. The number of nitrogens with one attached hydrogen (secondary N) is 1. The van der Waals surface area contributed by atoms with Gasteiger partial charge in [-0.05, 0) is 60.3 Å². The number of rotatable bonds is 9. The molecule has 0 radical (unpaired) electrons. The van der Waals surface area contributed by atoms with Gasteiger partial charge in [0.05, 0.1) is 19.3 Å². The van der Waals surface area contributed by atoms with Crippen LogP contribution < -0.4 is 10.1 Å². The molecule has 170 valence electrons. The predicted octanol–water partition coefficient (Wildman–Crippen LogP) is 3.48. The highest BCUT2D eigenvalue weighted by Crippen LogP contribution is 2.30. The molecule has 1 fully saturated rings. The van der Waals surface area contributed by atoms with Crippen LogP contribution in [0.5, 0.6) is 5.88 Å². The number of alkyl carbamates (subject to hydrolysis) is 1. The molecule has 9 nitrogen and oxygen atoms in total. The third-order valence-electron chi connectivity index (χ3n) is 4.66. The molecule has 0 aromatic carbocycles. The van der Waals surface area contributed by atoms with Gasteiger partial charge in [0, 0.05) is 18.8 Å². The van der Waals surface area contributed by atoms with Crippen molar-refractivity contribution in [3.63, 3.8) is 0 Å². The van der Waals surface area contributed by atoms with Gasteiger partial charge in [0.15, 0.2) is 0 Å². The maximum absolute atomic E-state index is 12.3. The summed E-state index contributed by atoms with van der Waals surface area (Å²) in [5.41, 5.74) is -0.194. The highest BCUT2D eigenvalue weighted by Gasteiger charge is 2.28. The lowest BCUT2D eigenvalue weighted by Crippen LogP contribution is -2.41. The lowest BCUT2D eigenvalue weighted by Gasteiger charge is -2.30. The van der Waals surface area contributed by atoms with Crippen molar-refractivity contribution in [2.24, 2.45) is 0 Å². The molecule has 1 heterocycles. The molecule has 1 N–H and O–H groups in total. The summed E-state index contributed by atoms with van der Waals surface area (Å²) < 4.78 is 23.2. The van der Waals surface area contributed by atoms with E-state index in [-0.39, 0.29) is 30.7 Å². The van der Waals surface area contributed by atoms with E-state index in [9.17, 15) is 9.59 Å².